The normalized spacial score (nSPS) is 12.0. The number of carbonyl (C=O) groups is 2. The molecule has 23 heavy (non-hydrogen) atoms. The summed E-state index contributed by atoms with van der Waals surface area (Å²) in [5.74, 6) is -0.712. The van der Waals surface area contributed by atoms with Gasteiger partial charge in [0.05, 0.1) is 11.4 Å². The highest BCUT2D eigenvalue weighted by atomic mass is 32.1. The van der Waals surface area contributed by atoms with Crippen molar-refractivity contribution in [3.63, 3.8) is 0 Å². The minimum Gasteiger partial charge on any atom is -0.351 e. The van der Waals surface area contributed by atoms with E-state index >= 15 is 0 Å². The summed E-state index contributed by atoms with van der Waals surface area (Å²) in [6.07, 6.45) is -1.17. The average Bonchev–Trinajstić information content (AvgIpc) is 3.13. The molecule has 0 unspecified atom stereocenters. The monoisotopic (exact) mass is 358 g/mol. The van der Waals surface area contributed by atoms with Gasteiger partial charge in [-0.1, -0.05) is 8.98 Å². The van der Waals surface area contributed by atoms with Crippen LogP contribution in [0.4, 0.5) is 4.39 Å². The van der Waals surface area contributed by atoms with Crippen molar-refractivity contribution in [2.75, 3.05) is 13.1 Å². The number of hydrogen-bond donors (Lipinski definition) is 2. The van der Waals surface area contributed by atoms with Gasteiger partial charge in [0.2, 0.25) is 0 Å². The molecule has 8 nitrogen and oxygen atoms in total. The van der Waals surface area contributed by atoms with Crippen LogP contribution in [0.15, 0.2) is 0 Å². The van der Waals surface area contributed by atoms with Crippen LogP contribution < -0.4 is 10.6 Å². The molecule has 2 aromatic rings. The molecule has 0 aromatic carbocycles. The first-order chi connectivity index (χ1) is 11.0. The second-order valence-electron chi connectivity index (χ2n) is 4.73. The summed E-state index contributed by atoms with van der Waals surface area (Å²) in [6, 6.07) is 0. The van der Waals surface area contributed by atoms with Crippen LogP contribution in [0, 0.1) is 13.8 Å². The van der Waals surface area contributed by atoms with Crippen molar-refractivity contribution in [3.8, 4) is 0 Å². The Labute approximate surface area is 139 Å². The zero-order valence-corrected chi connectivity index (χ0v) is 14.1. The number of halogens is 1. The van der Waals surface area contributed by atoms with Crippen molar-refractivity contribution in [3.05, 3.63) is 21.1 Å². The Hall–Kier alpha value is -2.01. The zero-order valence-electron chi connectivity index (χ0n) is 12.5. The third-order valence-corrected chi connectivity index (χ3v) is 4.60. The predicted molar refractivity (Wildman–Crippen MR) is 83.5 cm³/mol. The summed E-state index contributed by atoms with van der Waals surface area (Å²) < 4.78 is 21.1. The third kappa shape index (κ3) is 4.73. The lowest BCUT2D eigenvalue weighted by atomic mass is 10.2. The first-order valence-corrected chi connectivity index (χ1v) is 8.32. The molecule has 1 atom stereocenters. The Morgan fingerprint density at radius 1 is 1.04 bits per heavy atom. The van der Waals surface area contributed by atoms with Gasteiger partial charge in [-0.2, -0.15) is 0 Å². The molecule has 2 rings (SSSR count). The summed E-state index contributed by atoms with van der Waals surface area (Å²) >= 11 is 1.96. The van der Waals surface area contributed by atoms with Crippen LogP contribution >= 0.6 is 23.1 Å². The molecule has 0 aliphatic carbocycles. The molecular weight excluding hydrogens is 343 g/mol. The summed E-state index contributed by atoms with van der Waals surface area (Å²) in [5, 5.41) is 12.5. The Morgan fingerprint density at radius 3 is 2.04 bits per heavy atom. The molecule has 0 saturated carbocycles. The minimum absolute atomic E-state index is 0.0945. The molecule has 2 N–H and O–H groups in total. The van der Waals surface area contributed by atoms with Crippen LogP contribution in [0.25, 0.3) is 0 Å². The maximum Gasteiger partial charge on any atom is 0.265 e. The first kappa shape index (κ1) is 17.3. The predicted octanol–water partition coefficient (Wildman–Crippen LogP) is 0.894. The van der Waals surface area contributed by atoms with Crippen molar-refractivity contribution in [1.82, 2.24) is 29.8 Å². The zero-order chi connectivity index (χ0) is 16.8. The molecular formula is C12H15FN6O2S2. The Bertz CT molecular complexity index is 689. The Balaban J connectivity index is 1.68. The number of nitrogens with zero attached hydrogens (tertiary/aromatic N) is 4. The topological polar surface area (TPSA) is 110 Å². The van der Waals surface area contributed by atoms with E-state index in [9.17, 15) is 14.0 Å². The summed E-state index contributed by atoms with van der Waals surface area (Å²) in [5.41, 5.74) is 1.06. The van der Waals surface area contributed by atoms with Crippen molar-refractivity contribution < 1.29 is 14.0 Å². The highest BCUT2D eigenvalue weighted by molar-refractivity contribution is 7.08. The smallest absolute Gasteiger partial charge is 0.265 e. The van der Waals surface area contributed by atoms with E-state index in [-0.39, 0.29) is 25.4 Å². The molecule has 2 aromatic heterocycles. The summed E-state index contributed by atoms with van der Waals surface area (Å²) in [7, 11) is 0. The first-order valence-electron chi connectivity index (χ1n) is 6.77. The summed E-state index contributed by atoms with van der Waals surface area (Å²) in [6.45, 7) is 3.38. The maximum absolute atomic E-state index is 13.8. The molecule has 11 heteroatoms. The number of aromatic nitrogens is 4. The molecule has 0 bridgehead atoms. The van der Waals surface area contributed by atoms with Gasteiger partial charge in [0.1, 0.15) is 15.9 Å². The highest BCUT2D eigenvalue weighted by Gasteiger charge is 2.16. The van der Waals surface area contributed by atoms with E-state index < -0.39 is 12.1 Å². The SMILES string of the molecule is Cc1nnsc1C(=O)NCC[C@H](F)CNC(=O)c1snnc1C. The average molecular weight is 358 g/mol. The van der Waals surface area contributed by atoms with Crippen LogP contribution in [0.1, 0.15) is 37.2 Å². The van der Waals surface area contributed by atoms with Gasteiger partial charge in [-0.3, -0.25) is 9.59 Å². The quantitative estimate of drug-likeness (QED) is 0.761. The standard InChI is InChI=1S/C12H15FN6O2S2/c1-6-9(22-18-16-6)11(20)14-4-3-8(13)5-15-12(21)10-7(2)17-19-23-10/h8H,3-5H2,1-2H3,(H,14,20)(H,15,21)/t8-/m0/s1. The number of aryl methyl sites for hydroxylation is 2. The molecule has 0 saturated heterocycles. The van der Waals surface area contributed by atoms with Crippen molar-refractivity contribution in [1.29, 1.82) is 0 Å². The molecule has 2 amide bonds. The molecule has 0 radical (unpaired) electrons. The van der Waals surface area contributed by atoms with Crippen molar-refractivity contribution in [2.45, 2.75) is 26.4 Å². The molecule has 0 spiro atoms. The van der Waals surface area contributed by atoms with Gasteiger partial charge in [0, 0.05) is 13.1 Å². The molecule has 0 aliphatic rings. The molecule has 0 aliphatic heterocycles. The van der Waals surface area contributed by atoms with Gasteiger partial charge in [-0.25, -0.2) is 4.39 Å². The van der Waals surface area contributed by atoms with Crippen molar-refractivity contribution in [2.24, 2.45) is 0 Å². The summed E-state index contributed by atoms with van der Waals surface area (Å²) in [4.78, 5) is 24.4. The second kappa shape index (κ2) is 8.02. The van der Waals surface area contributed by atoms with E-state index in [0.29, 0.717) is 21.1 Å². The second-order valence-corrected chi connectivity index (χ2v) is 6.24. The highest BCUT2D eigenvalue weighted by Crippen LogP contribution is 2.09. The van der Waals surface area contributed by atoms with E-state index in [1.54, 1.807) is 13.8 Å². The number of hydrogen-bond acceptors (Lipinski definition) is 8. The fraction of sp³-hybridized carbons (Fsp3) is 0.500. The largest absolute Gasteiger partial charge is 0.351 e. The molecule has 124 valence electrons. The number of rotatable bonds is 7. The fourth-order valence-electron chi connectivity index (χ4n) is 1.69. The van der Waals surface area contributed by atoms with Gasteiger partial charge in [0.25, 0.3) is 11.8 Å². The van der Waals surface area contributed by atoms with Gasteiger partial charge in [-0.15, -0.1) is 10.2 Å². The van der Waals surface area contributed by atoms with E-state index in [4.69, 9.17) is 0 Å². The number of amides is 2. The lowest BCUT2D eigenvalue weighted by Gasteiger charge is -2.10. The van der Waals surface area contributed by atoms with E-state index in [1.807, 2.05) is 0 Å². The van der Waals surface area contributed by atoms with Crippen LogP contribution in [0.3, 0.4) is 0 Å². The van der Waals surface area contributed by atoms with Crippen LogP contribution in [-0.2, 0) is 0 Å². The molecule has 0 fully saturated rings. The van der Waals surface area contributed by atoms with Gasteiger partial charge in [0.15, 0.2) is 0 Å². The Kier molecular flexibility index (Phi) is 6.04. The lowest BCUT2D eigenvalue weighted by Crippen LogP contribution is -2.33. The van der Waals surface area contributed by atoms with E-state index in [2.05, 4.69) is 29.8 Å². The Morgan fingerprint density at radius 2 is 1.57 bits per heavy atom. The third-order valence-electron chi connectivity index (χ3n) is 2.94. The van der Waals surface area contributed by atoms with E-state index in [0.717, 1.165) is 23.1 Å². The fourth-order valence-corrected chi connectivity index (χ4v) is 2.83. The maximum atomic E-state index is 13.8. The van der Waals surface area contributed by atoms with Crippen LogP contribution in [0.2, 0.25) is 0 Å². The van der Waals surface area contributed by atoms with Crippen LogP contribution in [0.5, 0.6) is 0 Å². The van der Waals surface area contributed by atoms with Crippen LogP contribution in [-0.4, -0.2) is 50.2 Å². The van der Waals surface area contributed by atoms with E-state index in [1.165, 1.54) is 0 Å². The number of carbonyl (C=O) groups excluding carboxylic acids is 2. The molecule has 2 heterocycles. The van der Waals surface area contributed by atoms with Gasteiger partial charge >= 0.3 is 0 Å². The van der Waals surface area contributed by atoms with Crippen molar-refractivity contribution >= 4 is 34.9 Å². The lowest BCUT2D eigenvalue weighted by molar-refractivity contribution is 0.0929. The van der Waals surface area contributed by atoms with Gasteiger partial charge < -0.3 is 10.6 Å². The minimum atomic E-state index is -1.26. The number of alkyl halides is 1. The van der Waals surface area contributed by atoms with Gasteiger partial charge in [-0.05, 0) is 43.3 Å². The number of nitrogens with one attached hydrogen (secondary N) is 2.